The van der Waals surface area contributed by atoms with Crippen LogP contribution in [-0.2, 0) is 13.6 Å². The summed E-state index contributed by atoms with van der Waals surface area (Å²) >= 11 is 6.19. The molecule has 1 amide bonds. The van der Waals surface area contributed by atoms with Crippen molar-refractivity contribution in [1.29, 1.82) is 0 Å². The Bertz CT molecular complexity index is 1130. The molecule has 0 N–H and O–H groups in total. The van der Waals surface area contributed by atoms with E-state index in [1.54, 1.807) is 25.5 Å². The Balaban J connectivity index is 1.50. The third kappa shape index (κ3) is 3.06. The number of amides is 1. The van der Waals surface area contributed by atoms with Crippen LogP contribution < -0.4 is 5.56 Å². The zero-order valence-corrected chi connectivity index (χ0v) is 16.7. The van der Waals surface area contributed by atoms with E-state index in [2.05, 4.69) is 16.1 Å². The lowest BCUT2D eigenvalue weighted by Gasteiger charge is -2.42. The van der Waals surface area contributed by atoms with Gasteiger partial charge in [-0.1, -0.05) is 17.7 Å². The summed E-state index contributed by atoms with van der Waals surface area (Å²) in [6, 6.07) is 7.57. The third-order valence-electron chi connectivity index (χ3n) is 5.94. The van der Waals surface area contributed by atoms with Gasteiger partial charge >= 0.3 is 0 Å². The van der Waals surface area contributed by atoms with Crippen molar-refractivity contribution >= 4 is 17.5 Å². The number of nitrogens with zero attached hydrogens (tertiary/aromatic N) is 5. The minimum absolute atomic E-state index is 0.00510. The first-order chi connectivity index (χ1) is 14.0. The van der Waals surface area contributed by atoms with Crippen molar-refractivity contribution in [1.82, 2.24) is 24.2 Å². The molecule has 0 unspecified atom stereocenters. The highest BCUT2D eigenvalue weighted by atomic mass is 35.5. The first kappa shape index (κ1) is 18.1. The number of pyridine rings is 2. The number of carbonyl (C=O) groups is 1. The number of aryl methyl sites for hydroxylation is 1. The van der Waals surface area contributed by atoms with Crippen LogP contribution in [0.15, 0.2) is 47.7 Å². The second kappa shape index (κ2) is 6.84. The van der Waals surface area contributed by atoms with Gasteiger partial charge in [-0.2, -0.15) is 5.10 Å². The van der Waals surface area contributed by atoms with E-state index in [9.17, 15) is 9.59 Å². The van der Waals surface area contributed by atoms with Crippen LogP contribution >= 0.6 is 11.6 Å². The van der Waals surface area contributed by atoms with Crippen molar-refractivity contribution < 1.29 is 4.79 Å². The molecule has 7 nitrogen and oxygen atoms in total. The van der Waals surface area contributed by atoms with E-state index in [0.717, 1.165) is 23.2 Å². The Kier molecular flexibility index (Phi) is 4.28. The number of fused-ring (bicyclic) bond motifs is 4. The van der Waals surface area contributed by atoms with Gasteiger partial charge < -0.3 is 9.47 Å². The summed E-state index contributed by atoms with van der Waals surface area (Å²) in [7, 11) is 1.72. The Hall–Kier alpha value is -2.93. The zero-order chi connectivity index (χ0) is 20.1. The molecule has 0 radical (unpaired) electrons. The molecule has 5 rings (SSSR count). The van der Waals surface area contributed by atoms with Crippen molar-refractivity contribution in [2.24, 2.45) is 13.0 Å². The van der Waals surface area contributed by atoms with E-state index >= 15 is 0 Å². The normalized spacial score (nSPS) is 20.4. The number of carbonyl (C=O) groups excluding carboxylic acids is 1. The maximum atomic E-state index is 13.1. The molecule has 3 aromatic heterocycles. The van der Waals surface area contributed by atoms with Crippen molar-refractivity contribution in [2.45, 2.75) is 18.9 Å². The number of hydrogen-bond acceptors (Lipinski definition) is 4. The predicted molar refractivity (Wildman–Crippen MR) is 109 cm³/mol. The number of likely N-dealkylation sites (tertiary alicyclic amines) is 1. The lowest BCUT2D eigenvalue weighted by molar-refractivity contribution is 0.0584. The molecule has 2 aliphatic rings. The molecule has 2 bridgehead atoms. The van der Waals surface area contributed by atoms with E-state index in [1.165, 1.54) is 10.9 Å². The SMILES string of the molecule is Cn1ncc(Cl)c1C(=O)N1C[C@@H]2C[C@H](C1)c1cc(-c3cccnc3)cc(=O)n1C2. The molecule has 3 aromatic rings. The third-order valence-corrected chi connectivity index (χ3v) is 6.21. The number of aromatic nitrogens is 4. The largest absolute Gasteiger partial charge is 0.336 e. The average molecular weight is 410 g/mol. The minimum atomic E-state index is -0.107. The number of hydrogen-bond donors (Lipinski definition) is 0. The summed E-state index contributed by atoms with van der Waals surface area (Å²) in [4.78, 5) is 31.9. The molecule has 2 atom stereocenters. The van der Waals surface area contributed by atoms with Crippen LogP contribution in [0.1, 0.15) is 28.5 Å². The molecule has 0 saturated carbocycles. The first-order valence-corrected chi connectivity index (χ1v) is 10.0. The van der Waals surface area contributed by atoms with Crippen molar-refractivity contribution in [2.75, 3.05) is 13.1 Å². The summed E-state index contributed by atoms with van der Waals surface area (Å²) in [5, 5.41) is 4.45. The number of rotatable bonds is 2. The van der Waals surface area contributed by atoms with Crippen molar-refractivity contribution in [3.63, 3.8) is 0 Å². The highest BCUT2D eigenvalue weighted by molar-refractivity contribution is 6.33. The van der Waals surface area contributed by atoms with Crippen molar-refractivity contribution in [3.05, 3.63) is 69.6 Å². The standard InChI is InChI=1S/C21H20ClN5O2/c1-25-20(17(22)9-24-25)21(29)26-10-13-5-16(12-26)18-6-15(7-19(28)27(18)11-13)14-3-2-4-23-8-14/h2-4,6-9,13,16H,5,10-12H2,1H3/t13-,16+/m0/s1. The van der Waals surface area contributed by atoms with Crippen LogP contribution in [0.2, 0.25) is 5.02 Å². The van der Waals surface area contributed by atoms with Gasteiger partial charge in [0.25, 0.3) is 11.5 Å². The maximum Gasteiger partial charge on any atom is 0.273 e. The van der Waals surface area contributed by atoms with E-state index < -0.39 is 0 Å². The van der Waals surface area contributed by atoms with Gasteiger partial charge in [-0.25, -0.2) is 0 Å². The van der Waals surface area contributed by atoms with Gasteiger partial charge in [0, 0.05) is 62.3 Å². The van der Waals surface area contributed by atoms with Crippen LogP contribution in [0.4, 0.5) is 0 Å². The smallest absolute Gasteiger partial charge is 0.273 e. The van der Waals surface area contributed by atoms with Crippen LogP contribution in [-0.4, -0.2) is 43.2 Å². The molecular formula is C21H20ClN5O2. The van der Waals surface area contributed by atoms with Gasteiger partial charge in [0.2, 0.25) is 0 Å². The molecule has 1 fully saturated rings. The van der Waals surface area contributed by atoms with Gasteiger partial charge in [0.15, 0.2) is 0 Å². The molecule has 1 saturated heterocycles. The second-order valence-electron chi connectivity index (χ2n) is 7.83. The fourth-order valence-corrected chi connectivity index (χ4v) is 4.87. The lowest BCUT2D eigenvalue weighted by Crippen LogP contribution is -2.49. The van der Waals surface area contributed by atoms with Crippen molar-refractivity contribution in [3.8, 4) is 11.1 Å². The average Bonchev–Trinajstić information content (AvgIpc) is 3.06. The van der Waals surface area contributed by atoms with Gasteiger partial charge in [0.1, 0.15) is 5.69 Å². The van der Waals surface area contributed by atoms with Crippen LogP contribution in [0.5, 0.6) is 0 Å². The highest BCUT2D eigenvalue weighted by Crippen LogP contribution is 2.37. The molecule has 2 aliphatic heterocycles. The monoisotopic (exact) mass is 409 g/mol. The number of piperidine rings is 1. The molecule has 0 spiro atoms. The molecule has 0 aromatic carbocycles. The van der Waals surface area contributed by atoms with E-state index in [1.807, 2.05) is 21.6 Å². The number of halogens is 1. The van der Waals surface area contributed by atoms with Gasteiger partial charge in [-0.15, -0.1) is 0 Å². The van der Waals surface area contributed by atoms with E-state index in [0.29, 0.717) is 30.4 Å². The maximum absolute atomic E-state index is 13.1. The Labute approximate surface area is 172 Å². The molecule has 8 heteroatoms. The second-order valence-corrected chi connectivity index (χ2v) is 8.24. The van der Waals surface area contributed by atoms with Gasteiger partial charge in [0.05, 0.1) is 11.2 Å². The molecule has 148 valence electrons. The Morgan fingerprint density at radius 3 is 2.76 bits per heavy atom. The molecular weight excluding hydrogens is 390 g/mol. The zero-order valence-electron chi connectivity index (χ0n) is 16.0. The fraction of sp³-hybridized carbons (Fsp3) is 0.333. The summed E-state index contributed by atoms with van der Waals surface area (Å²) in [6.45, 7) is 1.81. The van der Waals surface area contributed by atoms with E-state index in [-0.39, 0.29) is 23.3 Å². The summed E-state index contributed by atoms with van der Waals surface area (Å²) in [5.41, 5.74) is 3.19. The van der Waals surface area contributed by atoms with Gasteiger partial charge in [-0.3, -0.25) is 19.3 Å². The Morgan fingerprint density at radius 2 is 2.03 bits per heavy atom. The van der Waals surface area contributed by atoms with Crippen LogP contribution in [0.3, 0.4) is 0 Å². The highest BCUT2D eigenvalue weighted by Gasteiger charge is 2.37. The predicted octanol–water partition coefficient (Wildman–Crippen LogP) is 2.56. The lowest BCUT2D eigenvalue weighted by atomic mass is 9.82. The summed E-state index contributed by atoms with van der Waals surface area (Å²) < 4.78 is 3.39. The fourth-order valence-electron chi connectivity index (χ4n) is 4.63. The summed E-state index contributed by atoms with van der Waals surface area (Å²) in [6.07, 6.45) is 5.94. The molecule has 29 heavy (non-hydrogen) atoms. The summed E-state index contributed by atoms with van der Waals surface area (Å²) in [5.74, 6) is 0.255. The van der Waals surface area contributed by atoms with Crippen LogP contribution in [0.25, 0.3) is 11.1 Å². The van der Waals surface area contributed by atoms with Crippen LogP contribution in [0, 0.1) is 5.92 Å². The first-order valence-electron chi connectivity index (χ1n) is 9.63. The minimum Gasteiger partial charge on any atom is -0.336 e. The Morgan fingerprint density at radius 1 is 1.17 bits per heavy atom. The quantitative estimate of drug-likeness (QED) is 0.652. The molecule has 0 aliphatic carbocycles. The van der Waals surface area contributed by atoms with Gasteiger partial charge in [-0.05, 0) is 30.0 Å². The van der Waals surface area contributed by atoms with E-state index in [4.69, 9.17) is 11.6 Å². The topological polar surface area (TPSA) is 73.0 Å². The molecule has 5 heterocycles.